The second kappa shape index (κ2) is 6.06. The number of ether oxygens (including phenoxy) is 1. The van der Waals surface area contributed by atoms with E-state index in [9.17, 15) is 4.79 Å². The van der Waals surface area contributed by atoms with Crippen molar-refractivity contribution in [3.05, 3.63) is 29.8 Å². The van der Waals surface area contributed by atoms with Gasteiger partial charge in [0.05, 0.1) is 7.11 Å². The summed E-state index contributed by atoms with van der Waals surface area (Å²) in [6.07, 6.45) is 5.68. The second-order valence-corrected chi connectivity index (χ2v) is 5.24. The number of nitrogens with one attached hydrogen (secondary N) is 1. The van der Waals surface area contributed by atoms with Gasteiger partial charge in [-0.1, -0.05) is 31.4 Å². The Morgan fingerprint density at radius 2 is 1.89 bits per heavy atom. The fourth-order valence-electron chi connectivity index (χ4n) is 2.92. The molecule has 1 aromatic carbocycles. The van der Waals surface area contributed by atoms with Crippen molar-refractivity contribution in [2.75, 3.05) is 19.0 Å². The highest BCUT2D eigenvalue weighted by Gasteiger charge is 2.32. The highest BCUT2D eigenvalue weighted by molar-refractivity contribution is 5.84. The first-order chi connectivity index (χ1) is 9.20. The molecule has 2 rings (SSSR count). The highest BCUT2D eigenvalue weighted by Crippen LogP contribution is 2.38. The molecule has 3 N–H and O–H groups in total. The van der Waals surface area contributed by atoms with Crippen LogP contribution in [0.4, 0.5) is 10.5 Å². The summed E-state index contributed by atoms with van der Waals surface area (Å²) < 4.78 is 4.57. The zero-order valence-corrected chi connectivity index (χ0v) is 11.4. The number of rotatable bonds is 3. The van der Waals surface area contributed by atoms with Gasteiger partial charge in [0.1, 0.15) is 0 Å². The quantitative estimate of drug-likeness (QED) is 0.880. The number of methoxy groups -OCH3 is 1. The van der Waals surface area contributed by atoms with Crippen LogP contribution in [0.1, 0.15) is 37.7 Å². The summed E-state index contributed by atoms with van der Waals surface area (Å²) in [6, 6.07) is 7.98. The molecule has 19 heavy (non-hydrogen) atoms. The molecule has 1 aromatic rings. The lowest BCUT2D eigenvalue weighted by molar-refractivity contribution is 0.187. The van der Waals surface area contributed by atoms with E-state index in [4.69, 9.17) is 5.73 Å². The molecule has 4 heteroatoms. The maximum atomic E-state index is 11.1. The van der Waals surface area contributed by atoms with Crippen LogP contribution in [0.25, 0.3) is 0 Å². The molecule has 1 saturated carbocycles. The molecule has 0 bridgehead atoms. The first-order valence-corrected chi connectivity index (χ1v) is 6.86. The van der Waals surface area contributed by atoms with Crippen LogP contribution >= 0.6 is 0 Å². The normalized spacial score (nSPS) is 17.8. The standard InChI is InChI=1S/C15H22N2O2/c1-19-14(18)17-13-7-5-12(6-8-13)15(11-16)9-3-2-4-10-15/h5-8H,2-4,9-11,16H2,1H3,(H,17,18). The van der Waals surface area contributed by atoms with Gasteiger partial charge in [-0.25, -0.2) is 4.79 Å². The smallest absolute Gasteiger partial charge is 0.411 e. The summed E-state index contributed by atoms with van der Waals surface area (Å²) in [5.74, 6) is 0. The minimum absolute atomic E-state index is 0.127. The minimum atomic E-state index is -0.445. The number of nitrogens with two attached hydrogens (primary N) is 1. The fourth-order valence-corrected chi connectivity index (χ4v) is 2.92. The molecule has 0 saturated heterocycles. The Kier molecular flexibility index (Phi) is 4.43. The summed E-state index contributed by atoms with van der Waals surface area (Å²) in [7, 11) is 1.36. The van der Waals surface area contributed by atoms with Crippen LogP contribution < -0.4 is 11.1 Å². The topological polar surface area (TPSA) is 64.3 Å². The van der Waals surface area contributed by atoms with Crippen LogP contribution in [0.3, 0.4) is 0 Å². The molecule has 1 aliphatic carbocycles. The Bertz CT molecular complexity index is 422. The number of hydrogen-bond donors (Lipinski definition) is 2. The van der Waals surface area contributed by atoms with Crippen LogP contribution in [-0.4, -0.2) is 19.7 Å². The molecule has 0 radical (unpaired) electrons. The monoisotopic (exact) mass is 262 g/mol. The van der Waals surface area contributed by atoms with E-state index < -0.39 is 6.09 Å². The molecule has 0 aliphatic heterocycles. The predicted molar refractivity (Wildman–Crippen MR) is 76.3 cm³/mol. The molecular weight excluding hydrogens is 240 g/mol. The lowest BCUT2D eigenvalue weighted by atomic mass is 9.69. The van der Waals surface area contributed by atoms with Gasteiger partial charge in [-0.2, -0.15) is 0 Å². The number of carbonyl (C=O) groups excluding carboxylic acids is 1. The van der Waals surface area contributed by atoms with Gasteiger partial charge in [0.2, 0.25) is 0 Å². The van der Waals surface area contributed by atoms with Crippen LogP contribution in [0.2, 0.25) is 0 Å². The molecule has 4 nitrogen and oxygen atoms in total. The predicted octanol–water partition coefficient (Wildman–Crippen LogP) is 3.03. The summed E-state index contributed by atoms with van der Waals surface area (Å²) in [5.41, 5.74) is 8.18. The molecule has 1 fully saturated rings. The van der Waals surface area contributed by atoms with Gasteiger partial charge in [-0.3, -0.25) is 5.32 Å². The SMILES string of the molecule is COC(=O)Nc1ccc(C2(CN)CCCCC2)cc1. The van der Waals surface area contributed by atoms with Crippen LogP contribution in [-0.2, 0) is 10.2 Å². The number of benzene rings is 1. The third-order valence-corrected chi connectivity index (χ3v) is 4.13. The van der Waals surface area contributed by atoms with Crippen molar-refractivity contribution in [1.29, 1.82) is 0 Å². The minimum Gasteiger partial charge on any atom is -0.453 e. The largest absolute Gasteiger partial charge is 0.453 e. The van der Waals surface area contributed by atoms with Crippen LogP contribution in [0.15, 0.2) is 24.3 Å². The second-order valence-electron chi connectivity index (χ2n) is 5.24. The van der Waals surface area contributed by atoms with Crippen LogP contribution in [0.5, 0.6) is 0 Å². The van der Waals surface area contributed by atoms with E-state index in [0.717, 1.165) is 18.5 Å². The average molecular weight is 262 g/mol. The van der Waals surface area contributed by atoms with Crippen molar-refractivity contribution in [1.82, 2.24) is 0 Å². The van der Waals surface area contributed by atoms with Crippen molar-refractivity contribution < 1.29 is 9.53 Å². The van der Waals surface area contributed by atoms with Gasteiger partial charge >= 0.3 is 6.09 Å². The summed E-state index contributed by atoms with van der Waals surface area (Å²) >= 11 is 0. The van der Waals surface area contributed by atoms with Gasteiger partial charge in [0.15, 0.2) is 0 Å². The van der Waals surface area contributed by atoms with Crippen molar-refractivity contribution in [2.45, 2.75) is 37.5 Å². The van der Waals surface area contributed by atoms with Crippen LogP contribution in [0, 0.1) is 0 Å². The molecule has 1 amide bonds. The molecule has 104 valence electrons. The van der Waals surface area contributed by atoms with Crippen molar-refractivity contribution >= 4 is 11.8 Å². The Morgan fingerprint density at radius 3 is 2.42 bits per heavy atom. The number of carbonyl (C=O) groups is 1. The summed E-state index contributed by atoms with van der Waals surface area (Å²) in [5, 5.41) is 2.66. The zero-order valence-electron chi connectivity index (χ0n) is 11.4. The lowest BCUT2D eigenvalue weighted by Crippen LogP contribution is -2.37. The van der Waals surface area contributed by atoms with Gasteiger partial charge in [-0.15, -0.1) is 0 Å². The van der Waals surface area contributed by atoms with Crippen molar-refractivity contribution in [3.8, 4) is 0 Å². The number of anilines is 1. The fraction of sp³-hybridized carbons (Fsp3) is 0.533. The maximum Gasteiger partial charge on any atom is 0.411 e. The Morgan fingerprint density at radius 1 is 1.26 bits per heavy atom. The van der Waals surface area contributed by atoms with Gasteiger partial charge < -0.3 is 10.5 Å². The number of amides is 1. The van der Waals surface area contributed by atoms with Gasteiger partial charge in [0.25, 0.3) is 0 Å². The Balaban J connectivity index is 2.14. The molecule has 0 atom stereocenters. The van der Waals surface area contributed by atoms with Gasteiger partial charge in [0, 0.05) is 17.6 Å². The summed E-state index contributed by atoms with van der Waals surface area (Å²) in [4.78, 5) is 11.1. The highest BCUT2D eigenvalue weighted by atomic mass is 16.5. The lowest BCUT2D eigenvalue weighted by Gasteiger charge is -2.37. The van der Waals surface area contributed by atoms with Crippen molar-refractivity contribution in [2.24, 2.45) is 5.73 Å². The molecular formula is C15H22N2O2. The first kappa shape index (κ1) is 13.9. The summed E-state index contributed by atoms with van der Waals surface area (Å²) in [6.45, 7) is 0.691. The van der Waals surface area contributed by atoms with E-state index in [1.165, 1.54) is 31.9 Å². The molecule has 0 heterocycles. The Labute approximate surface area is 114 Å². The van der Waals surface area contributed by atoms with E-state index in [0.29, 0.717) is 6.54 Å². The van der Waals surface area contributed by atoms with Crippen molar-refractivity contribution in [3.63, 3.8) is 0 Å². The molecule has 0 aromatic heterocycles. The number of hydrogen-bond acceptors (Lipinski definition) is 3. The molecule has 0 unspecified atom stereocenters. The van der Waals surface area contributed by atoms with E-state index in [-0.39, 0.29) is 5.41 Å². The average Bonchev–Trinajstić information content (AvgIpc) is 2.48. The van der Waals surface area contributed by atoms with E-state index in [1.807, 2.05) is 12.1 Å². The van der Waals surface area contributed by atoms with E-state index in [1.54, 1.807) is 0 Å². The van der Waals surface area contributed by atoms with E-state index in [2.05, 4.69) is 22.2 Å². The maximum absolute atomic E-state index is 11.1. The third kappa shape index (κ3) is 3.07. The molecule has 1 aliphatic rings. The van der Waals surface area contributed by atoms with Gasteiger partial charge in [-0.05, 0) is 30.5 Å². The third-order valence-electron chi connectivity index (χ3n) is 4.13. The van der Waals surface area contributed by atoms with E-state index >= 15 is 0 Å². The Hall–Kier alpha value is -1.55. The first-order valence-electron chi connectivity index (χ1n) is 6.86. The molecule has 0 spiro atoms. The zero-order chi connectivity index (χ0) is 13.7.